The van der Waals surface area contributed by atoms with Crippen LogP contribution in [0.5, 0.6) is 0 Å². The molecule has 0 spiro atoms. The van der Waals surface area contributed by atoms with Crippen LogP contribution >= 0.6 is 0 Å². The minimum Gasteiger partial charge on any atom is -0.481 e. The van der Waals surface area contributed by atoms with Crippen molar-refractivity contribution in [1.29, 1.82) is 0 Å². The van der Waals surface area contributed by atoms with E-state index in [1.54, 1.807) is 4.90 Å². The van der Waals surface area contributed by atoms with Crippen LogP contribution in [0.25, 0.3) is 0 Å². The maximum absolute atomic E-state index is 12.0. The maximum atomic E-state index is 12.0. The van der Waals surface area contributed by atoms with Crippen molar-refractivity contribution in [3.05, 3.63) is 35.4 Å². The molecule has 2 N–H and O–H groups in total. The third-order valence-electron chi connectivity index (χ3n) is 3.62. The smallest absolute Gasteiger partial charge is 0.317 e. The van der Waals surface area contributed by atoms with Gasteiger partial charge in [0.2, 0.25) is 0 Å². The Balaban J connectivity index is 1.85. The van der Waals surface area contributed by atoms with Gasteiger partial charge in [-0.3, -0.25) is 4.79 Å². The molecule has 0 aliphatic carbocycles. The molecule has 1 aliphatic rings. The Hall–Kier alpha value is -2.04. The van der Waals surface area contributed by atoms with Gasteiger partial charge in [-0.25, -0.2) is 4.79 Å². The molecule has 1 aliphatic heterocycles. The zero-order chi connectivity index (χ0) is 14.5. The molecule has 1 saturated heterocycles. The van der Waals surface area contributed by atoms with Crippen LogP contribution in [0.2, 0.25) is 0 Å². The first-order chi connectivity index (χ1) is 9.56. The number of likely N-dealkylation sites (tertiary alicyclic amines) is 1. The first kappa shape index (κ1) is 14.4. The number of nitrogens with zero attached hydrogens (tertiary/aromatic N) is 1. The van der Waals surface area contributed by atoms with Gasteiger partial charge in [-0.05, 0) is 25.3 Å². The van der Waals surface area contributed by atoms with Gasteiger partial charge in [-0.1, -0.05) is 29.8 Å². The number of carbonyl (C=O) groups excluding carboxylic acids is 1. The highest BCUT2D eigenvalue weighted by Gasteiger charge is 2.27. The van der Waals surface area contributed by atoms with Crippen LogP contribution in [0.4, 0.5) is 4.79 Å². The van der Waals surface area contributed by atoms with Gasteiger partial charge in [0.25, 0.3) is 0 Å². The van der Waals surface area contributed by atoms with E-state index in [0.717, 1.165) is 12.0 Å². The number of nitrogens with one attached hydrogen (secondary N) is 1. The fraction of sp³-hybridized carbons (Fsp3) is 0.467. The molecule has 1 fully saturated rings. The van der Waals surface area contributed by atoms with Crippen molar-refractivity contribution >= 4 is 12.0 Å². The zero-order valence-corrected chi connectivity index (χ0v) is 11.6. The number of carbonyl (C=O) groups is 2. The summed E-state index contributed by atoms with van der Waals surface area (Å²) < 4.78 is 0. The third kappa shape index (κ3) is 3.73. The molecule has 0 aromatic heterocycles. The van der Waals surface area contributed by atoms with E-state index in [-0.39, 0.29) is 6.03 Å². The number of carboxylic acid groups (broad SMARTS) is 1. The van der Waals surface area contributed by atoms with Crippen LogP contribution in [0.3, 0.4) is 0 Å². The highest BCUT2D eigenvalue weighted by Crippen LogP contribution is 2.16. The predicted molar refractivity (Wildman–Crippen MR) is 75.3 cm³/mol. The number of hydrogen-bond donors (Lipinski definition) is 2. The monoisotopic (exact) mass is 276 g/mol. The Bertz CT molecular complexity index is 484. The van der Waals surface area contributed by atoms with Crippen LogP contribution in [-0.4, -0.2) is 35.1 Å². The van der Waals surface area contributed by atoms with Gasteiger partial charge in [0.15, 0.2) is 0 Å². The van der Waals surface area contributed by atoms with Crippen LogP contribution in [0, 0.1) is 12.8 Å². The Kier molecular flexibility index (Phi) is 4.61. The van der Waals surface area contributed by atoms with Gasteiger partial charge in [0.05, 0.1) is 5.92 Å². The van der Waals surface area contributed by atoms with Gasteiger partial charge in [-0.2, -0.15) is 0 Å². The van der Waals surface area contributed by atoms with Crippen molar-refractivity contribution in [3.63, 3.8) is 0 Å². The van der Waals surface area contributed by atoms with E-state index < -0.39 is 11.9 Å². The van der Waals surface area contributed by atoms with Gasteiger partial charge >= 0.3 is 12.0 Å². The van der Waals surface area contributed by atoms with E-state index in [2.05, 4.69) is 5.32 Å². The summed E-state index contributed by atoms with van der Waals surface area (Å²) in [6.45, 7) is 3.41. The fourth-order valence-corrected chi connectivity index (χ4v) is 2.36. The van der Waals surface area contributed by atoms with E-state index >= 15 is 0 Å². The molecular formula is C15H20N2O3. The molecule has 5 heteroatoms. The Morgan fingerprint density at radius 2 is 2.05 bits per heavy atom. The lowest BCUT2D eigenvalue weighted by Crippen LogP contribution is -2.46. The maximum Gasteiger partial charge on any atom is 0.317 e. The minimum absolute atomic E-state index is 0.184. The van der Waals surface area contributed by atoms with E-state index in [0.29, 0.717) is 26.1 Å². The zero-order valence-electron chi connectivity index (χ0n) is 11.6. The largest absolute Gasteiger partial charge is 0.481 e. The standard InChI is InChI=1S/C15H20N2O3/c1-11-4-6-12(7-5-11)9-16-15(20)17-8-2-3-13(10-17)14(18)19/h4-7,13H,2-3,8-10H2,1H3,(H,16,20)(H,18,19)/t13-/m0/s1. The quantitative estimate of drug-likeness (QED) is 0.887. The first-order valence-electron chi connectivity index (χ1n) is 6.87. The second-order valence-corrected chi connectivity index (χ2v) is 5.27. The Morgan fingerprint density at radius 3 is 2.70 bits per heavy atom. The van der Waals surface area contributed by atoms with Crippen LogP contribution in [-0.2, 0) is 11.3 Å². The van der Waals surface area contributed by atoms with Gasteiger partial charge in [-0.15, -0.1) is 0 Å². The molecule has 0 unspecified atom stereocenters. The third-order valence-corrected chi connectivity index (χ3v) is 3.62. The van der Waals surface area contributed by atoms with Crippen LogP contribution < -0.4 is 5.32 Å². The van der Waals surface area contributed by atoms with Crippen molar-refractivity contribution in [2.75, 3.05) is 13.1 Å². The molecule has 1 aromatic carbocycles. The molecular weight excluding hydrogens is 256 g/mol. The summed E-state index contributed by atoms with van der Waals surface area (Å²) in [6.07, 6.45) is 1.39. The van der Waals surface area contributed by atoms with E-state index in [1.165, 1.54) is 5.56 Å². The highest BCUT2D eigenvalue weighted by atomic mass is 16.4. The molecule has 108 valence electrons. The number of benzene rings is 1. The topological polar surface area (TPSA) is 69.6 Å². The Morgan fingerprint density at radius 1 is 1.35 bits per heavy atom. The summed E-state index contributed by atoms with van der Waals surface area (Å²) in [6, 6.07) is 7.78. The number of rotatable bonds is 3. The molecule has 1 atom stereocenters. The number of aryl methyl sites for hydroxylation is 1. The summed E-state index contributed by atoms with van der Waals surface area (Å²) in [5, 5.41) is 11.9. The van der Waals surface area contributed by atoms with Gasteiger partial charge in [0, 0.05) is 19.6 Å². The van der Waals surface area contributed by atoms with E-state index in [4.69, 9.17) is 5.11 Å². The SMILES string of the molecule is Cc1ccc(CNC(=O)N2CCC[C@H](C(=O)O)C2)cc1. The van der Waals surface area contributed by atoms with Crippen molar-refractivity contribution in [3.8, 4) is 0 Å². The molecule has 0 bridgehead atoms. The number of carboxylic acids is 1. The minimum atomic E-state index is -0.818. The highest BCUT2D eigenvalue weighted by molar-refractivity contribution is 5.76. The number of aliphatic carboxylic acids is 1. The van der Waals surface area contributed by atoms with Crippen LogP contribution in [0.15, 0.2) is 24.3 Å². The lowest BCUT2D eigenvalue weighted by molar-refractivity contribution is -0.143. The molecule has 0 saturated carbocycles. The summed E-state index contributed by atoms with van der Waals surface area (Å²) in [7, 11) is 0. The summed E-state index contributed by atoms with van der Waals surface area (Å²) in [5.74, 6) is -1.25. The van der Waals surface area contributed by atoms with Gasteiger partial charge in [0.1, 0.15) is 0 Å². The fourth-order valence-electron chi connectivity index (χ4n) is 2.36. The average molecular weight is 276 g/mol. The molecule has 5 nitrogen and oxygen atoms in total. The van der Waals surface area contributed by atoms with E-state index in [1.807, 2.05) is 31.2 Å². The number of amides is 2. The normalized spacial score (nSPS) is 18.6. The molecule has 20 heavy (non-hydrogen) atoms. The summed E-state index contributed by atoms with van der Waals surface area (Å²) >= 11 is 0. The lowest BCUT2D eigenvalue weighted by atomic mass is 9.99. The molecule has 0 radical (unpaired) electrons. The number of piperidine rings is 1. The number of urea groups is 1. The second-order valence-electron chi connectivity index (χ2n) is 5.27. The number of hydrogen-bond acceptors (Lipinski definition) is 2. The van der Waals surface area contributed by atoms with Gasteiger partial charge < -0.3 is 15.3 Å². The van der Waals surface area contributed by atoms with E-state index in [9.17, 15) is 9.59 Å². The predicted octanol–water partition coefficient (Wildman–Crippen LogP) is 2.00. The van der Waals surface area contributed by atoms with Crippen LogP contribution in [0.1, 0.15) is 24.0 Å². The summed E-state index contributed by atoms with van der Waals surface area (Å²) in [4.78, 5) is 24.6. The van der Waals surface area contributed by atoms with Crippen molar-refractivity contribution in [1.82, 2.24) is 10.2 Å². The van der Waals surface area contributed by atoms with Crippen molar-refractivity contribution in [2.45, 2.75) is 26.3 Å². The second kappa shape index (κ2) is 6.41. The molecule has 1 aromatic rings. The first-order valence-corrected chi connectivity index (χ1v) is 6.87. The lowest BCUT2D eigenvalue weighted by Gasteiger charge is -2.30. The molecule has 1 heterocycles. The average Bonchev–Trinajstić information content (AvgIpc) is 2.46. The molecule has 2 amide bonds. The Labute approximate surface area is 118 Å². The van der Waals surface area contributed by atoms with Crippen molar-refractivity contribution in [2.24, 2.45) is 5.92 Å². The summed E-state index contributed by atoms with van der Waals surface area (Å²) in [5.41, 5.74) is 2.22. The molecule has 2 rings (SSSR count). The van der Waals surface area contributed by atoms with Crippen molar-refractivity contribution < 1.29 is 14.7 Å².